The summed E-state index contributed by atoms with van der Waals surface area (Å²) < 4.78 is 17.6. The second-order valence-corrected chi connectivity index (χ2v) is 7.97. The van der Waals surface area contributed by atoms with E-state index in [0.29, 0.717) is 6.61 Å². The van der Waals surface area contributed by atoms with E-state index >= 15 is 0 Å². The fraction of sp³-hybridized carbons (Fsp3) is 0.333. The maximum atomic E-state index is 6.15. The standard InChI is InChI=1S/C27H32N2O3/c1-30-25-14-7-13-24(27(25)31-2)26(29-17-8-15-28-16-18-29)22-11-6-12-23(19-22)32-20-21-9-4-3-5-10-21/h3-7,9-14,19,26,28H,8,15-18,20H2,1-2H3. The first-order valence-corrected chi connectivity index (χ1v) is 11.2. The third-order valence-corrected chi connectivity index (χ3v) is 5.89. The molecule has 1 N–H and O–H groups in total. The van der Waals surface area contributed by atoms with Crippen molar-refractivity contribution in [1.29, 1.82) is 0 Å². The SMILES string of the molecule is COc1cccc(C(c2cccc(OCc3ccccc3)c2)N2CCCNCC2)c1OC. The second kappa shape index (κ2) is 11.0. The molecule has 0 bridgehead atoms. The first kappa shape index (κ1) is 22.2. The fourth-order valence-electron chi connectivity index (χ4n) is 4.35. The van der Waals surface area contributed by atoms with Crippen molar-refractivity contribution in [2.24, 2.45) is 0 Å². The molecule has 1 fully saturated rings. The van der Waals surface area contributed by atoms with Crippen LogP contribution in [0.5, 0.6) is 17.2 Å². The molecule has 4 rings (SSSR count). The molecule has 0 aliphatic carbocycles. The van der Waals surface area contributed by atoms with Gasteiger partial charge < -0.3 is 19.5 Å². The highest BCUT2D eigenvalue weighted by atomic mass is 16.5. The second-order valence-electron chi connectivity index (χ2n) is 7.97. The van der Waals surface area contributed by atoms with Gasteiger partial charge >= 0.3 is 0 Å². The minimum Gasteiger partial charge on any atom is -0.493 e. The summed E-state index contributed by atoms with van der Waals surface area (Å²) in [6.07, 6.45) is 1.10. The monoisotopic (exact) mass is 432 g/mol. The lowest BCUT2D eigenvalue weighted by Crippen LogP contribution is -2.33. The molecule has 0 spiro atoms. The van der Waals surface area contributed by atoms with E-state index in [1.165, 1.54) is 5.56 Å². The smallest absolute Gasteiger partial charge is 0.165 e. The largest absolute Gasteiger partial charge is 0.493 e. The molecule has 1 unspecified atom stereocenters. The van der Waals surface area contributed by atoms with Crippen LogP contribution in [0.4, 0.5) is 0 Å². The Morgan fingerprint density at radius 1 is 0.875 bits per heavy atom. The Bertz CT molecular complexity index is 985. The van der Waals surface area contributed by atoms with E-state index in [9.17, 15) is 0 Å². The van der Waals surface area contributed by atoms with E-state index in [1.807, 2.05) is 36.4 Å². The van der Waals surface area contributed by atoms with Crippen LogP contribution in [0.3, 0.4) is 0 Å². The molecule has 0 saturated carbocycles. The van der Waals surface area contributed by atoms with E-state index < -0.39 is 0 Å². The van der Waals surface area contributed by atoms with Gasteiger partial charge in [-0.3, -0.25) is 4.90 Å². The number of rotatable bonds is 8. The maximum absolute atomic E-state index is 6.15. The molecule has 5 heteroatoms. The van der Waals surface area contributed by atoms with Crippen LogP contribution < -0.4 is 19.5 Å². The molecule has 1 aliphatic rings. The van der Waals surface area contributed by atoms with Gasteiger partial charge in [-0.2, -0.15) is 0 Å². The predicted molar refractivity (Wildman–Crippen MR) is 128 cm³/mol. The normalized spacial score (nSPS) is 15.6. The molecule has 5 nitrogen and oxygen atoms in total. The van der Waals surface area contributed by atoms with Gasteiger partial charge in [-0.1, -0.05) is 54.6 Å². The van der Waals surface area contributed by atoms with Crippen LogP contribution in [0.2, 0.25) is 0 Å². The van der Waals surface area contributed by atoms with E-state index in [-0.39, 0.29) is 6.04 Å². The van der Waals surface area contributed by atoms with E-state index in [4.69, 9.17) is 14.2 Å². The van der Waals surface area contributed by atoms with Gasteiger partial charge in [-0.05, 0) is 42.3 Å². The Morgan fingerprint density at radius 3 is 2.53 bits per heavy atom. The van der Waals surface area contributed by atoms with E-state index in [1.54, 1.807) is 14.2 Å². The van der Waals surface area contributed by atoms with Crippen LogP contribution in [0.1, 0.15) is 29.2 Å². The lowest BCUT2D eigenvalue weighted by Gasteiger charge is -2.32. The van der Waals surface area contributed by atoms with Crippen LogP contribution in [0, 0.1) is 0 Å². The van der Waals surface area contributed by atoms with Crippen molar-refractivity contribution in [3.8, 4) is 17.2 Å². The van der Waals surface area contributed by atoms with Gasteiger partial charge in [0.25, 0.3) is 0 Å². The van der Waals surface area contributed by atoms with Gasteiger partial charge in [0.1, 0.15) is 12.4 Å². The number of ether oxygens (including phenoxy) is 3. The zero-order chi connectivity index (χ0) is 22.2. The Labute approximate surface area is 190 Å². The summed E-state index contributed by atoms with van der Waals surface area (Å²) in [6.45, 7) is 4.52. The van der Waals surface area contributed by atoms with Gasteiger partial charge in [0, 0.05) is 25.2 Å². The molecule has 1 saturated heterocycles. The van der Waals surface area contributed by atoms with Gasteiger partial charge in [0.2, 0.25) is 0 Å². The van der Waals surface area contributed by atoms with Gasteiger partial charge in [-0.15, -0.1) is 0 Å². The third-order valence-electron chi connectivity index (χ3n) is 5.89. The topological polar surface area (TPSA) is 43.0 Å². The molecule has 168 valence electrons. The Balaban J connectivity index is 1.69. The van der Waals surface area contributed by atoms with E-state index in [0.717, 1.165) is 61.0 Å². The maximum Gasteiger partial charge on any atom is 0.165 e. The molecule has 1 aliphatic heterocycles. The summed E-state index contributed by atoms with van der Waals surface area (Å²) in [6, 6.07) is 24.9. The third kappa shape index (κ3) is 5.23. The summed E-state index contributed by atoms with van der Waals surface area (Å²) in [5.74, 6) is 2.40. The van der Waals surface area contributed by atoms with Crippen LogP contribution in [-0.2, 0) is 6.61 Å². The average Bonchev–Trinajstić information content (AvgIpc) is 3.13. The Hall–Kier alpha value is -3.02. The van der Waals surface area contributed by atoms with Crippen LogP contribution in [0.25, 0.3) is 0 Å². The molecular formula is C27H32N2O3. The Kier molecular flexibility index (Phi) is 7.64. The summed E-state index contributed by atoms with van der Waals surface area (Å²) in [7, 11) is 3.40. The summed E-state index contributed by atoms with van der Waals surface area (Å²) in [5.41, 5.74) is 3.44. The number of para-hydroxylation sites is 1. The van der Waals surface area contributed by atoms with Crippen LogP contribution in [0.15, 0.2) is 72.8 Å². The summed E-state index contributed by atoms with van der Waals surface area (Å²) in [4.78, 5) is 2.52. The number of hydrogen-bond acceptors (Lipinski definition) is 5. The number of methoxy groups -OCH3 is 2. The summed E-state index contributed by atoms with van der Waals surface area (Å²) >= 11 is 0. The molecule has 3 aromatic carbocycles. The van der Waals surface area contributed by atoms with Crippen molar-refractivity contribution >= 4 is 0 Å². The first-order chi connectivity index (χ1) is 15.8. The lowest BCUT2D eigenvalue weighted by molar-refractivity contribution is 0.233. The predicted octanol–water partition coefficient (Wildman–Crippen LogP) is 4.67. The zero-order valence-corrected chi connectivity index (χ0v) is 18.9. The molecule has 0 aromatic heterocycles. The van der Waals surface area contributed by atoms with Crippen molar-refractivity contribution in [3.63, 3.8) is 0 Å². The minimum absolute atomic E-state index is 0.0419. The number of hydrogen-bond donors (Lipinski definition) is 1. The van der Waals surface area contributed by atoms with Crippen molar-refractivity contribution < 1.29 is 14.2 Å². The zero-order valence-electron chi connectivity index (χ0n) is 18.9. The van der Waals surface area contributed by atoms with Crippen molar-refractivity contribution in [2.45, 2.75) is 19.1 Å². The highest BCUT2D eigenvalue weighted by Crippen LogP contribution is 2.41. The van der Waals surface area contributed by atoms with Gasteiger partial charge in [-0.25, -0.2) is 0 Å². The average molecular weight is 433 g/mol. The summed E-state index contributed by atoms with van der Waals surface area (Å²) in [5, 5.41) is 3.51. The number of benzene rings is 3. The number of nitrogens with zero attached hydrogens (tertiary/aromatic N) is 1. The molecule has 3 aromatic rings. The van der Waals surface area contributed by atoms with Crippen LogP contribution >= 0.6 is 0 Å². The molecule has 32 heavy (non-hydrogen) atoms. The number of nitrogens with one attached hydrogen (secondary N) is 1. The molecule has 1 heterocycles. The van der Waals surface area contributed by atoms with Crippen molar-refractivity contribution in [3.05, 3.63) is 89.5 Å². The van der Waals surface area contributed by atoms with Gasteiger partial charge in [0.05, 0.1) is 20.3 Å². The molecule has 0 amide bonds. The van der Waals surface area contributed by atoms with E-state index in [2.05, 4.69) is 46.6 Å². The van der Waals surface area contributed by atoms with Crippen LogP contribution in [-0.4, -0.2) is 45.3 Å². The molecule has 1 atom stereocenters. The minimum atomic E-state index is 0.0419. The fourth-order valence-corrected chi connectivity index (χ4v) is 4.35. The van der Waals surface area contributed by atoms with Crippen molar-refractivity contribution in [2.75, 3.05) is 40.4 Å². The highest BCUT2D eigenvalue weighted by Gasteiger charge is 2.27. The highest BCUT2D eigenvalue weighted by molar-refractivity contribution is 5.51. The van der Waals surface area contributed by atoms with Crippen molar-refractivity contribution in [1.82, 2.24) is 10.2 Å². The quantitative estimate of drug-likeness (QED) is 0.560. The molecular weight excluding hydrogens is 400 g/mol. The Morgan fingerprint density at radius 2 is 1.72 bits per heavy atom. The lowest BCUT2D eigenvalue weighted by atomic mass is 9.95. The molecule has 0 radical (unpaired) electrons. The first-order valence-electron chi connectivity index (χ1n) is 11.2. The van der Waals surface area contributed by atoms with Gasteiger partial charge in [0.15, 0.2) is 11.5 Å².